The molecule has 5 nitrogen and oxygen atoms in total. The molecule has 0 radical (unpaired) electrons. The number of ether oxygens (including phenoxy) is 1. The Morgan fingerprint density at radius 2 is 2.00 bits per heavy atom. The van der Waals surface area contributed by atoms with E-state index in [4.69, 9.17) is 21.2 Å². The summed E-state index contributed by atoms with van der Waals surface area (Å²) in [5, 5.41) is 0.597. The number of rotatable bonds is 3. The SMILES string of the molecule is CC[N+]1(C)OC(=O)C(C(=O)OC)C1c1ccc(Cl)cc1. The monoisotopic (exact) mass is 298 g/mol. The van der Waals surface area contributed by atoms with E-state index < -0.39 is 23.9 Å². The third kappa shape index (κ3) is 2.39. The first-order valence-electron chi connectivity index (χ1n) is 6.35. The summed E-state index contributed by atoms with van der Waals surface area (Å²) in [6.45, 7) is 2.45. The van der Waals surface area contributed by atoms with E-state index in [2.05, 4.69) is 0 Å². The van der Waals surface area contributed by atoms with Crippen LogP contribution in [0.2, 0.25) is 5.02 Å². The van der Waals surface area contributed by atoms with Gasteiger partial charge in [-0.1, -0.05) is 23.7 Å². The van der Waals surface area contributed by atoms with Crippen LogP contribution in [0.5, 0.6) is 0 Å². The largest absolute Gasteiger partial charge is 0.468 e. The van der Waals surface area contributed by atoms with Gasteiger partial charge in [-0.25, -0.2) is 4.79 Å². The van der Waals surface area contributed by atoms with E-state index in [1.165, 1.54) is 7.11 Å². The van der Waals surface area contributed by atoms with Crippen LogP contribution in [0.15, 0.2) is 24.3 Å². The molecule has 0 bridgehead atoms. The number of carbonyl (C=O) groups excluding carboxylic acids is 2. The number of esters is 1. The molecule has 0 spiro atoms. The maximum atomic E-state index is 12.0. The molecule has 0 aromatic heterocycles. The van der Waals surface area contributed by atoms with Gasteiger partial charge in [0.25, 0.3) is 0 Å². The summed E-state index contributed by atoms with van der Waals surface area (Å²) in [6.07, 6.45) is 0. The quantitative estimate of drug-likeness (QED) is 0.487. The zero-order valence-electron chi connectivity index (χ0n) is 11.6. The first-order chi connectivity index (χ1) is 9.42. The Morgan fingerprint density at radius 1 is 1.40 bits per heavy atom. The zero-order valence-corrected chi connectivity index (χ0v) is 12.4. The normalized spacial score (nSPS) is 29.1. The van der Waals surface area contributed by atoms with Gasteiger partial charge in [-0.2, -0.15) is 0 Å². The second kappa shape index (κ2) is 5.42. The fraction of sp³-hybridized carbons (Fsp3) is 0.429. The first-order valence-corrected chi connectivity index (χ1v) is 6.72. The molecule has 0 amide bonds. The molecule has 6 heteroatoms. The lowest BCUT2D eigenvalue weighted by atomic mass is 9.92. The summed E-state index contributed by atoms with van der Waals surface area (Å²) < 4.78 is 4.76. The highest BCUT2D eigenvalue weighted by Gasteiger charge is 2.58. The predicted octanol–water partition coefficient (Wildman–Crippen LogP) is 2.11. The van der Waals surface area contributed by atoms with Crippen molar-refractivity contribution in [1.29, 1.82) is 0 Å². The molecule has 1 heterocycles. The van der Waals surface area contributed by atoms with Gasteiger partial charge in [0.05, 0.1) is 7.11 Å². The van der Waals surface area contributed by atoms with Crippen molar-refractivity contribution in [1.82, 2.24) is 0 Å². The van der Waals surface area contributed by atoms with Gasteiger partial charge < -0.3 is 4.74 Å². The average Bonchev–Trinajstić information content (AvgIpc) is 2.71. The summed E-state index contributed by atoms with van der Waals surface area (Å²) in [5.41, 5.74) is 0.819. The van der Waals surface area contributed by atoms with Gasteiger partial charge in [-0.3, -0.25) is 9.63 Å². The van der Waals surface area contributed by atoms with Gasteiger partial charge in [0, 0.05) is 10.6 Å². The Morgan fingerprint density at radius 3 is 2.50 bits per heavy atom. The summed E-state index contributed by atoms with van der Waals surface area (Å²) in [4.78, 5) is 29.4. The Bertz CT molecular complexity index is 530. The van der Waals surface area contributed by atoms with E-state index in [1.54, 1.807) is 31.3 Å². The van der Waals surface area contributed by atoms with E-state index in [9.17, 15) is 9.59 Å². The molecule has 3 atom stereocenters. The number of hydroxylamine groups is 3. The second-order valence-corrected chi connectivity index (χ2v) is 5.33. The Kier molecular flexibility index (Phi) is 4.01. The summed E-state index contributed by atoms with van der Waals surface area (Å²) in [6, 6.07) is 6.63. The molecule has 0 N–H and O–H groups in total. The average molecular weight is 299 g/mol. The second-order valence-electron chi connectivity index (χ2n) is 4.90. The van der Waals surface area contributed by atoms with Crippen molar-refractivity contribution in [2.75, 3.05) is 20.7 Å². The molecule has 0 aliphatic carbocycles. The molecule has 1 aromatic carbocycles. The van der Waals surface area contributed by atoms with Crippen LogP contribution in [0.25, 0.3) is 0 Å². The smallest absolute Gasteiger partial charge is 0.387 e. The van der Waals surface area contributed by atoms with E-state index in [-0.39, 0.29) is 4.65 Å². The van der Waals surface area contributed by atoms with Crippen molar-refractivity contribution in [2.24, 2.45) is 5.92 Å². The summed E-state index contributed by atoms with van der Waals surface area (Å²) in [5.74, 6) is -2.09. The van der Waals surface area contributed by atoms with Gasteiger partial charge in [-0.05, 0) is 19.1 Å². The van der Waals surface area contributed by atoms with Crippen LogP contribution in [0.4, 0.5) is 0 Å². The van der Waals surface area contributed by atoms with Crippen LogP contribution < -0.4 is 0 Å². The van der Waals surface area contributed by atoms with Gasteiger partial charge in [0.15, 0.2) is 6.04 Å². The van der Waals surface area contributed by atoms with Crippen molar-refractivity contribution in [3.05, 3.63) is 34.9 Å². The molecular formula is C14H17ClNO4+. The topological polar surface area (TPSA) is 52.6 Å². The standard InChI is InChI=1S/C14H17ClNO4/c1-4-16(2)12(9-5-7-10(15)8-6-9)11(13(17)19-3)14(18)20-16/h5-8,11-12H,4H2,1-3H3/q+1. The van der Waals surface area contributed by atoms with Crippen molar-refractivity contribution in [3.8, 4) is 0 Å². The van der Waals surface area contributed by atoms with Crippen LogP contribution in [-0.4, -0.2) is 37.3 Å². The molecule has 3 unspecified atom stereocenters. The predicted molar refractivity (Wildman–Crippen MR) is 72.5 cm³/mol. The van der Waals surface area contributed by atoms with Crippen molar-refractivity contribution in [3.63, 3.8) is 0 Å². The molecule has 2 rings (SSSR count). The highest BCUT2D eigenvalue weighted by atomic mass is 35.5. The van der Waals surface area contributed by atoms with Crippen LogP contribution in [0, 0.1) is 5.92 Å². The number of hydrogen-bond donors (Lipinski definition) is 0. The van der Waals surface area contributed by atoms with Crippen molar-refractivity contribution >= 4 is 23.5 Å². The zero-order chi connectivity index (χ0) is 14.9. The third-order valence-electron chi connectivity index (χ3n) is 3.75. The number of methoxy groups -OCH3 is 1. The maximum Gasteiger partial charge on any atom is 0.387 e. The lowest BCUT2D eigenvalue weighted by Crippen LogP contribution is -2.43. The van der Waals surface area contributed by atoms with E-state index in [0.717, 1.165) is 5.56 Å². The molecule has 20 heavy (non-hydrogen) atoms. The summed E-state index contributed by atoms with van der Waals surface area (Å²) >= 11 is 5.88. The molecule has 0 saturated carbocycles. The fourth-order valence-corrected chi connectivity index (χ4v) is 2.67. The maximum absolute atomic E-state index is 12.0. The van der Waals surface area contributed by atoms with E-state index >= 15 is 0 Å². The van der Waals surface area contributed by atoms with Crippen LogP contribution in [0.3, 0.4) is 0 Å². The lowest BCUT2D eigenvalue weighted by molar-refractivity contribution is -1.09. The number of halogens is 1. The van der Waals surface area contributed by atoms with E-state index in [0.29, 0.717) is 11.6 Å². The number of nitrogens with zero attached hydrogens (tertiary/aromatic N) is 1. The van der Waals surface area contributed by atoms with Crippen molar-refractivity contribution in [2.45, 2.75) is 13.0 Å². The Hall–Kier alpha value is -1.59. The van der Waals surface area contributed by atoms with Crippen LogP contribution >= 0.6 is 11.6 Å². The van der Waals surface area contributed by atoms with Gasteiger partial charge >= 0.3 is 11.9 Å². The highest BCUT2D eigenvalue weighted by Crippen LogP contribution is 2.42. The molecule has 1 aliphatic heterocycles. The fourth-order valence-electron chi connectivity index (χ4n) is 2.54. The van der Waals surface area contributed by atoms with Crippen LogP contribution in [-0.2, 0) is 19.2 Å². The summed E-state index contributed by atoms with van der Waals surface area (Å²) in [7, 11) is 3.04. The van der Waals surface area contributed by atoms with Gasteiger partial charge in [-0.15, -0.1) is 4.65 Å². The van der Waals surface area contributed by atoms with Crippen LogP contribution in [0.1, 0.15) is 18.5 Å². The molecule has 1 aliphatic rings. The Labute approximate surface area is 122 Å². The number of benzene rings is 1. The molecular weight excluding hydrogens is 282 g/mol. The van der Waals surface area contributed by atoms with Gasteiger partial charge in [0.2, 0.25) is 5.92 Å². The molecule has 1 fully saturated rings. The minimum atomic E-state index is -0.953. The lowest BCUT2D eigenvalue weighted by Gasteiger charge is -2.30. The Balaban J connectivity index is 2.49. The molecule has 1 saturated heterocycles. The van der Waals surface area contributed by atoms with Gasteiger partial charge in [0.1, 0.15) is 13.6 Å². The minimum Gasteiger partial charge on any atom is -0.468 e. The molecule has 108 valence electrons. The number of quaternary nitrogens is 1. The minimum absolute atomic E-state index is 0.0141. The number of carbonyl (C=O) groups is 2. The van der Waals surface area contributed by atoms with Crippen molar-refractivity contribution < 1.29 is 23.8 Å². The van der Waals surface area contributed by atoms with E-state index in [1.807, 2.05) is 6.92 Å². The number of hydrogen-bond acceptors (Lipinski definition) is 4. The first kappa shape index (κ1) is 14.8. The molecule has 1 aromatic rings. The third-order valence-corrected chi connectivity index (χ3v) is 4.00. The highest BCUT2D eigenvalue weighted by molar-refractivity contribution is 6.30.